The lowest BCUT2D eigenvalue weighted by atomic mass is 10.2. The number of nitrogens with one attached hydrogen (secondary N) is 1. The number of carbonyl (C=O) groups is 3. The highest BCUT2D eigenvalue weighted by Crippen LogP contribution is 2.33. The SMILES string of the molecule is COc1ccccc1C(=O)NN1C(=O)/C(=C\c2ccccc2OC(C)C(=O)O)SC1=S. The zero-order valence-electron chi connectivity index (χ0n) is 16.5. The van der Waals surface area contributed by atoms with Crippen molar-refractivity contribution in [3.63, 3.8) is 0 Å². The Morgan fingerprint density at radius 3 is 2.48 bits per heavy atom. The molecule has 1 saturated heterocycles. The number of ether oxygens (including phenoxy) is 2. The van der Waals surface area contributed by atoms with Crippen LogP contribution in [0.3, 0.4) is 0 Å². The van der Waals surface area contributed by atoms with Gasteiger partial charge in [-0.15, -0.1) is 0 Å². The molecule has 8 nitrogen and oxygen atoms in total. The molecule has 0 spiro atoms. The fourth-order valence-electron chi connectivity index (χ4n) is 2.65. The van der Waals surface area contributed by atoms with E-state index in [1.165, 1.54) is 14.0 Å². The number of methoxy groups -OCH3 is 1. The monoisotopic (exact) mass is 458 g/mol. The van der Waals surface area contributed by atoms with Gasteiger partial charge in [0.05, 0.1) is 17.6 Å². The lowest BCUT2D eigenvalue weighted by Gasteiger charge is -2.16. The molecular weight excluding hydrogens is 440 g/mol. The Kier molecular flexibility index (Phi) is 6.93. The Bertz CT molecular complexity index is 1090. The van der Waals surface area contributed by atoms with Gasteiger partial charge in [0.1, 0.15) is 11.5 Å². The molecule has 2 aromatic rings. The third-order valence-corrected chi connectivity index (χ3v) is 5.52. The number of carboxylic acids is 1. The van der Waals surface area contributed by atoms with Crippen molar-refractivity contribution < 1.29 is 29.0 Å². The van der Waals surface area contributed by atoms with E-state index < -0.39 is 23.9 Å². The number of hydrogen-bond acceptors (Lipinski definition) is 7. The predicted molar refractivity (Wildman–Crippen MR) is 120 cm³/mol. The molecule has 31 heavy (non-hydrogen) atoms. The van der Waals surface area contributed by atoms with Gasteiger partial charge in [-0.3, -0.25) is 15.0 Å². The number of aliphatic carboxylic acids is 1. The smallest absolute Gasteiger partial charge is 0.344 e. The van der Waals surface area contributed by atoms with Gasteiger partial charge in [0, 0.05) is 5.56 Å². The third-order valence-electron chi connectivity index (χ3n) is 4.22. The summed E-state index contributed by atoms with van der Waals surface area (Å²) in [7, 11) is 1.44. The predicted octanol–water partition coefficient (Wildman–Crippen LogP) is 3.09. The second-order valence-corrected chi connectivity index (χ2v) is 7.97. The molecule has 2 N–H and O–H groups in total. The summed E-state index contributed by atoms with van der Waals surface area (Å²) in [6.45, 7) is 1.41. The average molecular weight is 459 g/mol. The first-order valence-electron chi connectivity index (χ1n) is 9.02. The second-order valence-electron chi connectivity index (χ2n) is 6.29. The van der Waals surface area contributed by atoms with E-state index in [2.05, 4.69) is 5.43 Å². The number of carbonyl (C=O) groups excluding carboxylic acids is 2. The molecule has 2 amide bonds. The summed E-state index contributed by atoms with van der Waals surface area (Å²) in [4.78, 5) is 36.8. The lowest BCUT2D eigenvalue weighted by molar-refractivity contribution is -0.144. The standard InChI is InChI=1S/C21H18N2O6S2/c1-12(20(26)27)29-15-9-5-3-7-13(15)11-17-19(25)23(21(30)31-17)22-18(24)14-8-4-6-10-16(14)28-2/h3-12H,1-2H3,(H,22,24)(H,26,27)/b17-11+. The van der Waals surface area contributed by atoms with E-state index in [1.807, 2.05) is 0 Å². The van der Waals surface area contributed by atoms with Crippen molar-refractivity contribution in [3.05, 3.63) is 64.6 Å². The molecule has 0 saturated carbocycles. The molecule has 0 aliphatic carbocycles. The maximum Gasteiger partial charge on any atom is 0.344 e. The number of benzene rings is 2. The van der Waals surface area contributed by atoms with Gasteiger partial charge >= 0.3 is 5.97 Å². The number of hydrogen-bond donors (Lipinski definition) is 2. The van der Waals surface area contributed by atoms with E-state index >= 15 is 0 Å². The van der Waals surface area contributed by atoms with Crippen LogP contribution in [0.1, 0.15) is 22.8 Å². The molecule has 1 unspecified atom stereocenters. The quantitative estimate of drug-likeness (QED) is 0.482. The average Bonchev–Trinajstić information content (AvgIpc) is 3.02. The second kappa shape index (κ2) is 9.63. The van der Waals surface area contributed by atoms with E-state index in [4.69, 9.17) is 26.8 Å². The van der Waals surface area contributed by atoms with Gasteiger partial charge in [0.2, 0.25) is 0 Å². The Morgan fingerprint density at radius 2 is 1.81 bits per heavy atom. The van der Waals surface area contributed by atoms with E-state index in [0.29, 0.717) is 17.1 Å². The minimum Gasteiger partial charge on any atom is -0.496 e. The number of amides is 2. The number of hydrazine groups is 1. The fourth-order valence-corrected chi connectivity index (χ4v) is 3.82. The molecule has 1 aliphatic heterocycles. The molecule has 2 aromatic carbocycles. The summed E-state index contributed by atoms with van der Waals surface area (Å²) in [5.41, 5.74) is 3.26. The highest BCUT2D eigenvalue weighted by molar-refractivity contribution is 8.26. The molecule has 1 fully saturated rings. The summed E-state index contributed by atoms with van der Waals surface area (Å²) in [5, 5.41) is 10.1. The molecule has 0 bridgehead atoms. The molecule has 1 atom stereocenters. The Labute approximate surface area is 187 Å². The van der Waals surface area contributed by atoms with Crippen LogP contribution in [0.2, 0.25) is 0 Å². The molecule has 1 aliphatic rings. The van der Waals surface area contributed by atoms with Crippen molar-refractivity contribution in [2.24, 2.45) is 0 Å². The number of thioether (sulfide) groups is 1. The number of nitrogens with zero attached hydrogens (tertiary/aromatic N) is 1. The maximum absolute atomic E-state index is 12.9. The topological polar surface area (TPSA) is 105 Å². The van der Waals surface area contributed by atoms with Crippen LogP contribution in [0.5, 0.6) is 11.5 Å². The first-order chi connectivity index (χ1) is 14.8. The van der Waals surface area contributed by atoms with Crippen LogP contribution in [0.25, 0.3) is 6.08 Å². The summed E-state index contributed by atoms with van der Waals surface area (Å²) >= 11 is 6.26. The van der Waals surface area contributed by atoms with Gasteiger partial charge in [0.15, 0.2) is 10.4 Å². The number of thiocarbonyl (C=S) groups is 1. The molecule has 10 heteroatoms. The normalized spacial score (nSPS) is 15.7. The summed E-state index contributed by atoms with van der Waals surface area (Å²) in [6, 6.07) is 13.3. The van der Waals surface area contributed by atoms with E-state index in [0.717, 1.165) is 16.8 Å². The van der Waals surface area contributed by atoms with Crippen LogP contribution in [-0.4, -0.2) is 45.4 Å². The molecule has 0 radical (unpaired) electrons. The highest BCUT2D eigenvalue weighted by Gasteiger charge is 2.34. The van der Waals surface area contributed by atoms with Crippen LogP contribution in [0, 0.1) is 0 Å². The third kappa shape index (κ3) is 5.04. The summed E-state index contributed by atoms with van der Waals surface area (Å²) in [5.74, 6) is -1.51. The number of rotatable bonds is 7. The van der Waals surface area contributed by atoms with Crippen LogP contribution < -0.4 is 14.9 Å². The summed E-state index contributed by atoms with van der Waals surface area (Å²) < 4.78 is 10.8. The minimum absolute atomic E-state index is 0.150. The van der Waals surface area contributed by atoms with Crippen molar-refractivity contribution in [2.45, 2.75) is 13.0 Å². The first-order valence-corrected chi connectivity index (χ1v) is 10.2. The molecular formula is C21H18N2O6S2. The van der Waals surface area contributed by atoms with Gasteiger partial charge in [-0.05, 0) is 43.4 Å². The van der Waals surface area contributed by atoms with Crippen LogP contribution >= 0.6 is 24.0 Å². The first kappa shape index (κ1) is 22.3. The number of para-hydroxylation sites is 2. The van der Waals surface area contributed by atoms with Crippen molar-refractivity contribution >= 4 is 52.2 Å². The lowest BCUT2D eigenvalue weighted by Crippen LogP contribution is -2.44. The maximum atomic E-state index is 12.9. The largest absolute Gasteiger partial charge is 0.496 e. The van der Waals surface area contributed by atoms with Crippen molar-refractivity contribution in [1.82, 2.24) is 10.4 Å². The van der Waals surface area contributed by atoms with Gasteiger partial charge in [0.25, 0.3) is 11.8 Å². The van der Waals surface area contributed by atoms with Crippen molar-refractivity contribution in [3.8, 4) is 11.5 Å². The Morgan fingerprint density at radius 1 is 1.16 bits per heavy atom. The molecule has 3 rings (SSSR count). The minimum atomic E-state index is -1.11. The van der Waals surface area contributed by atoms with Gasteiger partial charge in [-0.2, -0.15) is 5.01 Å². The zero-order chi connectivity index (χ0) is 22.5. The van der Waals surface area contributed by atoms with Gasteiger partial charge in [-0.25, -0.2) is 4.79 Å². The van der Waals surface area contributed by atoms with Crippen LogP contribution in [-0.2, 0) is 9.59 Å². The Balaban J connectivity index is 1.82. The van der Waals surface area contributed by atoms with Crippen LogP contribution in [0.4, 0.5) is 0 Å². The highest BCUT2D eigenvalue weighted by atomic mass is 32.2. The van der Waals surface area contributed by atoms with E-state index in [-0.39, 0.29) is 14.8 Å². The molecule has 160 valence electrons. The fraction of sp³-hybridized carbons (Fsp3) is 0.143. The van der Waals surface area contributed by atoms with Crippen LogP contribution in [0.15, 0.2) is 53.4 Å². The Hall–Kier alpha value is -3.37. The van der Waals surface area contributed by atoms with Gasteiger partial charge < -0.3 is 14.6 Å². The van der Waals surface area contributed by atoms with Crippen molar-refractivity contribution in [1.29, 1.82) is 0 Å². The zero-order valence-corrected chi connectivity index (χ0v) is 18.2. The van der Waals surface area contributed by atoms with E-state index in [9.17, 15) is 14.4 Å². The number of carboxylic acid groups (broad SMARTS) is 1. The van der Waals surface area contributed by atoms with E-state index in [1.54, 1.807) is 54.6 Å². The molecule has 1 heterocycles. The van der Waals surface area contributed by atoms with Gasteiger partial charge in [-0.1, -0.05) is 42.1 Å². The molecule has 0 aromatic heterocycles. The van der Waals surface area contributed by atoms with Crippen molar-refractivity contribution in [2.75, 3.05) is 7.11 Å². The summed E-state index contributed by atoms with van der Waals surface area (Å²) in [6.07, 6.45) is 0.475.